The largest absolute Gasteiger partial charge is 0.481 e. The predicted octanol–water partition coefficient (Wildman–Crippen LogP) is 5.28. The van der Waals surface area contributed by atoms with E-state index in [1.165, 1.54) is 0 Å². The summed E-state index contributed by atoms with van der Waals surface area (Å²) < 4.78 is 12.5. The molecule has 1 aliphatic heterocycles. The molecule has 1 aromatic heterocycles. The molecule has 36 heavy (non-hydrogen) atoms. The summed E-state index contributed by atoms with van der Waals surface area (Å²) in [6.45, 7) is 0. The average Bonchev–Trinajstić information content (AvgIpc) is 2.91. The van der Waals surface area contributed by atoms with E-state index >= 15 is 0 Å². The second kappa shape index (κ2) is 9.29. The smallest absolute Gasteiger partial charge is 0.207 e. The summed E-state index contributed by atoms with van der Waals surface area (Å²) in [5, 5.41) is 12.7. The van der Waals surface area contributed by atoms with Gasteiger partial charge in [0, 0.05) is 24.4 Å². The molecule has 5 nitrogen and oxygen atoms in total. The second-order valence-electron chi connectivity index (χ2n) is 8.50. The molecule has 0 amide bonds. The molecule has 6 heteroatoms. The monoisotopic (exact) mass is 467 g/mol. The molecule has 0 bridgehead atoms. The number of ether oxygens (including phenoxy) is 1. The quantitative estimate of drug-likeness (QED) is 0.365. The van der Waals surface area contributed by atoms with Gasteiger partial charge in [-0.2, -0.15) is 0 Å². The summed E-state index contributed by atoms with van der Waals surface area (Å²) in [5.74, 6) is -0.135. The fourth-order valence-corrected chi connectivity index (χ4v) is 4.76. The van der Waals surface area contributed by atoms with Gasteiger partial charge in [0.1, 0.15) is 17.1 Å². The number of aliphatic hydroxyl groups is 1. The molecule has 0 fully saturated rings. The van der Waals surface area contributed by atoms with Crippen molar-refractivity contribution in [1.82, 2.24) is 0 Å². The van der Waals surface area contributed by atoms with Gasteiger partial charge >= 0.3 is 0 Å². The van der Waals surface area contributed by atoms with Gasteiger partial charge in [-0.05, 0) is 29.8 Å². The van der Waals surface area contributed by atoms with E-state index in [1.54, 1.807) is 84.9 Å². The first kappa shape index (κ1) is 23.8. The topological polar surface area (TPSA) is 76.7 Å². The van der Waals surface area contributed by atoms with E-state index in [-0.39, 0.29) is 41.1 Å². The minimum Gasteiger partial charge on any atom is -0.481 e. The number of hydrogen-bond donors (Lipinski definition) is 1. The minimum absolute atomic E-state index is 0. The molecule has 5 aromatic rings. The van der Waals surface area contributed by atoms with Crippen LogP contribution in [0.5, 0.6) is 5.75 Å². The van der Waals surface area contributed by atoms with Crippen LogP contribution in [-0.4, -0.2) is 29.8 Å². The summed E-state index contributed by atoms with van der Waals surface area (Å²) in [7, 11) is 0. The Morgan fingerprint density at radius 2 is 1.33 bits per heavy atom. The van der Waals surface area contributed by atoms with Gasteiger partial charge in [0.05, 0.1) is 16.5 Å². The SMILES string of the molecule is O=C1c2ccccc2OC(c2ccccc2)C1(O)c1c(-c2ccccc2)oc2ccccc2c1=O.[Li]. The molecule has 171 valence electrons. The fraction of sp³-hybridized carbons (Fsp3) is 0.0667. The van der Waals surface area contributed by atoms with Gasteiger partial charge in [0.25, 0.3) is 0 Å². The molecule has 1 aliphatic rings. The van der Waals surface area contributed by atoms with Crippen molar-refractivity contribution < 1.29 is 19.1 Å². The van der Waals surface area contributed by atoms with Crippen molar-refractivity contribution in [2.75, 3.05) is 0 Å². The Morgan fingerprint density at radius 1 is 0.722 bits per heavy atom. The zero-order valence-electron chi connectivity index (χ0n) is 19.5. The number of rotatable bonds is 3. The van der Waals surface area contributed by atoms with E-state index in [1.807, 2.05) is 24.3 Å². The number of Topliss-reactive ketones (excluding diaryl/α,β-unsaturated/α-hetero) is 1. The Hall–Kier alpha value is -3.88. The zero-order chi connectivity index (χ0) is 24.0. The standard InChI is InChI=1S/C30H20O5.Li/c31-26-21-15-7-9-17-23(21)34-27(19-11-3-1-4-12-19)25(26)30(33)28(32)22-16-8-10-18-24(22)35-29(30)20-13-5-2-6-14-20;/h1-18,29,33H;. The Balaban J connectivity index is 0.00000267. The van der Waals surface area contributed by atoms with Crippen molar-refractivity contribution in [2.24, 2.45) is 0 Å². The summed E-state index contributed by atoms with van der Waals surface area (Å²) in [5.41, 5.74) is -1.27. The summed E-state index contributed by atoms with van der Waals surface area (Å²) in [6.07, 6.45) is -1.17. The first-order chi connectivity index (χ1) is 17.1. The molecule has 2 unspecified atom stereocenters. The van der Waals surface area contributed by atoms with Crippen molar-refractivity contribution in [3.63, 3.8) is 0 Å². The first-order valence-corrected chi connectivity index (χ1v) is 11.3. The van der Waals surface area contributed by atoms with Crippen LogP contribution in [0.25, 0.3) is 22.3 Å². The zero-order valence-corrected chi connectivity index (χ0v) is 19.5. The van der Waals surface area contributed by atoms with Gasteiger partial charge in [-0.15, -0.1) is 0 Å². The molecule has 1 radical (unpaired) electrons. The van der Waals surface area contributed by atoms with Gasteiger partial charge in [-0.1, -0.05) is 84.9 Å². The van der Waals surface area contributed by atoms with Gasteiger partial charge in [-0.3, -0.25) is 9.59 Å². The van der Waals surface area contributed by atoms with E-state index in [9.17, 15) is 14.7 Å². The molecule has 6 rings (SSSR count). The molecular weight excluding hydrogens is 447 g/mol. The van der Waals surface area contributed by atoms with Gasteiger partial charge < -0.3 is 14.3 Å². The molecule has 2 atom stereocenters. The molecule has 4 aromatic carbocycles. The average molecular weight is 467 g/mol. The number of hydrogen-bond acceptors (Lipinski definition) is 5. The van der Waals surface area contributed by atoms with Crippen molar-refractivity contribution in [2.45, 2.75) is 11.7 Å². The van der Waals surface area contributed by atoms with E-state index in [4.69, 9.17) is 9.15 Å². The number of para-hydroxylation sites is 2. The van der Waals surface area contributed by atoms with Crippen molar-refractivity contribution in [3.05, 3.63) is 136 Å². The fourth-order valence-electron chi connectivity index (χ4n) is 4.76. The minimum atomic E-state index is -2.34. The van der Waals surface area contributed by atoms with Crippen molar-refractivity contribution in [3.8, 4) is 17.1 Å². The molecule has 0 saturated heterocycles. The van der Waals surface area contributed by atoms with Crippen LogP contribution >= 0.6 is 0 Å². The molecular formula is C30H20LiO5. The Bertz CT molecular complexity index is 1630. The van der Waals surface area contributed by atoms with Gasteiger partial charge in [0.15, 0.2) is 11.5 Å². The maximum Gasteiger partial charge on any atom is 0.207 e. The Morgan fingerprint density at radius 3 is 2.08 bits per heavy atom. The summed E-state index contributed by atoms with van der Waals surface area (Å²) in [4.78, 5) is 28.1. The summed E-state index contributed by atoms with van der Waals surface area (Å²) in [6, 6.07) is 31.5. The molecule has 0 saturated carbocycles. The van der Waals surface area contributed by atoms with Gasteiger partial charge in [-0.25, -0.2) is 0 Å². The van der Waals surface area contributed by atoms with Crippen molar-refractivity contribution >= 4 is 35.6 Å². The Labute approximate surface area is 219 Å². The number of benzene rings is 4. The third-order valence-corrected chi connectivity index (χ3v) is 6.42. The Kier molecular flexibility index (Phi) is 6.15. The second-order valence-corrected chi connectivity index (χ2v) is 8.50. The van der Waals surface area contributed by atoms with Gasteiger partial charge in [0.2, 0.25) is 11.4 Å². The van der Waals surface area contributed by atoms with E-state index in [2.05, 4.69) is 0 Å². The van der Waals surface area contributed by atoms with E-state index < -0.39 is 22.9 Å². The number of ketones is 1. The van der Waals surface area contributed by atoms with Crippen LogP contribution < -0.4 is 10.2 Å². The van der Waals surface area contributed by atoms with Crippen LogP contribution in [0.15, 0.2) is 118 Å². The third kappa shape index (κ3) is 3.61. The molecule has 0 spiro atoms. The van der Waals surface area contributed by atoms with Crippen molar-refractivity contribution in [1.29, 1.82) is 0 Å². The maximum atomic E-state index is 14.1. The van der Waals surface area contributed by atoms with E-state index in [0.29, 0.717) is 22.5 Å². The first-order valence-electron chi connectivity index (χ1n) is 11.3. The number of carbonyl (C=O) groups excluding carboxylic acids is 1. The van der Waals surface area contributed by atoms with E-state index in [0.717, 1.165) is 0 Å². The predicted molar refractivity (Wildman–Crippen MR) is 138 cm³/mol. The maximum absolute atomic E-state index is 14.1. The molecule has 0 aliphatic carbocycles. The molecule has 2 heterocycles. The van der Waals surface area contributed by atoms with Crippen LogP contribution in [0.1, 0.15) is 27.6 Å². The molecule has 1 N–H and O–H groups in total. The van der Waals surface area contributed by atoms with Crippen LogP contribution in [0.3, 0.4) is 0 Å². The third-order valence-electron chi connectivity index (χ3n) is 6.42. The summed E-state index contributed by atoms with van der Waals surface area (Å²) >= 11 is 0. The number of fused-ring (bicyclic) bond motifs is 2. The number of carbonyl (C=O) groups is 1. The van der Waals surface area contributed by atoms with Crippen LogP contribution in [0, 0.1) is 0 Å². The van der Waals surface area contributed by atoms with Crippen LogP contribution in [-0.2, 0) is 5.60 Å². The normalized spacial score (nSPS) is 18.7. The van der Waals surface area contributed by atoms with Crippen LogP contribution in [0.4, 0.5) is 0 Å². The van der Waals surface area contributed by atoms with Crippen LogP contribution in [0.2, 0.25) is 0 Å².